The van der Waals surface area contributed by atoms with E-state index in [2.05, 4.69) is 27.3 Å². The number of nitrogens with one attached hydrogen (secondary N) is 1. The second-order valence-corrected chi connectivity index (χ2v) is 5.79. The average Bonchev–Trinajstić information content (AvgIpc) is 2.70. The Morgan fingerprint density at radius 3 is 3.00 bits per heavy atom. The summed E-state index contributed by atoms with van der Waals surface area (Å²) in [6, 6.07) is 4.10. The van der Waals surface area contributed by atoms with Crippen LogP contribution in [0.5, 0.6) is 0 Å². The number of carbonyl (C=O) groups excluding carboxylic acids is 1. The van der Waals surface area contributed by atoms with Gasteiger partial charge in [-0.1, -0.05) is 0 Å². The maximum atomic E-state index is 10.9. The molecule has 6 heteroatoms. The molecule has 0 spiro atoms. The number of ether oxygens (including phenoxy) is 2. The van der Waals surface area contributed by atoms with E-state index < -0.39 is 0 Å². The van der Waals surface area contributed by atoms with E-state index in [1.807, 2.05) is 6.07 Å². The standard InChI is InChI=1S/C11H16BrNO3S/c1-2-16-11(14)8-15-6-5-13-7-9-3-4-10(12)17-9/h3-4,13H,2,5-8H2,1H3. The summed E-state index contributed by atoms with van der Waals surface area (Å²) in [4.78, 5) is 12.2. The summed E-state index contributed by atoms with van der Waals surface area (Å²) in [6.45, 7) is 4.24. The van der Waals surface area contributed by atoms with Gasteiger partial charge in [-0.3, -0.25) is 0 Å². The highest BCUT2D eigenvalue weighted by molar-refractivity contribution is 9.11. The second-order valence-electron chi connectivity index (χ2n) is 3.24. The van der Waals surface area contributed by atoms with Crippen molar-refractivity contribution >= 4 is 33.2 Å². The van der Waals surface area contributed by atoms with Crippen molar-refractivity contribution < 1.29 is 14.3 Å². The molecule has 17 heavy (non-hydrogen) atoms. The third kappa shape index (κ3) is 6.78. The Labute approximate surface area is 113 Å². The van der Waals surface area contributed by atoms with E-state index in [1.54, 1.807) is 18.3 Å². The van der Waals surface area contributed by atoms with Crippen molar-refractivity contribution in [3.8, 4) is 0 Å². The van der Waals surface area contributed by atoms with Gasteiger partial charge in [0, 0.05) is 18.0 Å². The van der Waals surface area contributed by atoms with Crippen molar-refractivity contribution in [2.24, 2.45) is 0 Å². The Hall–Kier alpha value is -0.430. The van der Waals surface area contributed by atoms with Crippen molar-refractivity contribution in [3.63, 3.8) is 0 Å². The zero-order valence-corrected chi connectivity index (χ0v) is 12.1. The molecule has 0 aliphatic carbocycles. The van der Waals surface area contributed by atoms with Crippen LogP contribution in [0.3, 0.4) is 0 Å². The fourth-order valence-electron chi connectivity index (χ4n) is 1.16. The zero-order valence-electron chi connectivity index (χ0n) is 9.70. The number of thiophene rings is 1. The summed E-state index contributed by atoms with van der Waals surface area (Å²) >= 11 is 5.11. The van der Waals surface area contributed by atoms with E-state index in [1.165, 1.54) is 4.88 Å². The smallest absolute Gasteiger partial charge is 0.332 e. The van der Waals surface area contributed by atoms with E-state index in [9.17, 15) is 4.79 Å². The lowest BCUT2D eigenvalue weighted by Gasteiger charge is -2.05. The molecule has 0 aromatic carbocycles. The van der Waals surface area contributed by atoms with Crippen molar-refractivity contribution in [2.45, 2.75) is 13.5 Å². The van der Waals surface area contributed by atoms with Crippen LogP contribution >= 0.6 is 27.3 Å². The molecule has 0 saturated carbocycles. The predicted molar refractivity (Wildman–Crippen MR) is 71.2 cm³/mol. The third-order valence-corrected chi connectivity index (χ3v) is 3.50. The molecular weight excluding hydrogens is 306 g/mol. The molecular formula is C11H16BrNO3S. The topological polar surface area (TPSA) is 47.6 Å². The molecule has 1 rings (SSSR count). The number of carbonyl (C=O) groups is 1. The van der Waals surface area contributed by atoms with Gasteiger partial charge in [0.05, 0.1) is 17.0 Å². The van der Waals surface area contributed by atoms with Gasteiger partial charge in [-0.2, -0.15) is 0 Å². The highest BCUT2D eigenvalue weighted by Gasteiger charge is 2.00. The lowest BCUT2D eigenvalue weighted by molar-refractivity contribution is -0.148. The summed E-state index contributed by atoms with van der Waals surface area (Å²) in [7, 11) is 0. The van der Waals surface area contributed by atoms with E-state index >= 15 is 0 Å². The number of hydrogen-bond donors (Lipinski definition) is 1. The Kier molecular flexibility index (Phi) is 7.43. The van der Waals surface area contributed by atoms with Crippen LogP contribution in [0.4, 0.5) is 0 Å². The van der Waals surface area contributed by atoms with Crippen LogP contribution in [0.2, 0.25) is 0 Å². The van der Waals surface area contributed by atoms with Crippen molar-refractivity contribution in [1.82, 2.24) is 5.32 Å². The summed E-state index contributed by atoms with van der Waals surface area (Å²) in [6.07, 6.45) is 0. The summed E-state index contributed by atoms with van der Waals surface area (Å²) in [5.74, 6) is -0.310. The number of hydrogen-bond acceptors (Lipinski definition) is 5. The van der Waals surface area contributed by atoms with E-state index in [0.717, 1.165) is 16.9 Å². The maximum absolute atomic E-state index is 10.9. The first-order valence-electron chi connectivity index (χ1n) is 5.40. The van der Waals surface area contributed by atoms with Crippen LogP contribution in [-0.2, 0) is 20.8 Å². The van der Waals surface area contributed by atoms with Gasteiger partial charge in [-0.25, -0.2) is 4.79 Å². The molecule has 0 aliphatic rings. The minimum absolute atomic E-state index is 0.0278. The molecule has 0 saturated heterocycles. The van der Waals surface area contributed by atoms with Crippen molar-refractivity contribution in [2.75, 3.05) is 26.4 Å². The van der Waals surface area contributed by atoms with Gasteiger partial charge in [0.2, 0.25) is 0 Å². The summed E-state index contributed by atoms with van der Waals surface area (Å²) in [5, 5.41) is 3.23. The lowest BCUT2D eigenvalue weighted by Crippen LogP contribution is -2.21. The summed E-state index contributed by atoms with van der Waals surface area (Å²) in [5.41, 5.74) is 0. The third-order valence-electron chi connectivity index (χ3n) is 1.88. The van der Waals surface area contributed by atoms with Gasteiger partial charge in [0.1, 0.15) is 6.61 Å². The SMILES string of the molecule is CCOC(=O)COCCNCc1ccc(Br)s1. The molecule has 4 nitrogen and oxygen atoms in total. The predicted octanol–water partition coefficient (Wildman–Crippen LogP) is 2.18. The van der Waals surface area contributed by atoms with Gasteiger partial charge >= 0.3 is 5.97 Å². The molecule has 0 atom stereocenters. The molecule has 0 aliphatic heterocycles. The highest BCUT2D eigenvalue weighted by atomic mass is 79.9. The molecule has 1 aromatic rings. The first-order valence-corrected chi connectivity index (χ1v) is 7.01. The molecule has 96 valence electrons. The molecule has 0 radical (unpaired) electrons. The largest absolute Gasteiger partial charge is 0.464 e. The molecule has 1 heterocycles. The van der Waals surface area contributed by atoms with Gasteiger partial charge in [-0.05, 0) is 35.0 Å². The molecule has 0 fully saturated rings. The van der Waals surface area contributed by atoms with Gasteiger partial charge in [0.15, 0.2) is 0 Å². The lowest BCUT2D eigenvalue weighted by atomic mass is 10.4. The van der Waals surface area contributed by atoms with Crippen LogP contribution in [0.25, 0.3) is 0 Å². The molecule has 1 aromatic heterocycles. The van der Waals surface area contributed by atoms with Crippen LogP contribution < -0.4 is 5.32 Å². The quantitative estimate of drug-likeness (QED) is 0.589. The van der Waals surface area contributed by atoms with Gasteiger partial charge in [-0.15, -0.1) is 11.3 Å². The van der Waals surface area contributed by atoms with Crippen molar-refractivity contribution in [3.05, 3.63) is 20.8 Å². The number of esters is 1. The average molecular weight is 322 g/mol. The second kappa shape index (κ2) is 8.63. The fraction of sp³-hybridized carbons (Fsp3) is 0.545. The van der Waals surface area contributed by atoms with Crippen LogP contribution in [0, 0.1) is 0 Å². The Morgan fingerprint density at radius 1 is 1.53 bits per heavy atom. The number of halogens is 1. The van der Waals surface area contributed by atoms with E-state index in [4.69, 9.17) is 9.47 Å². The van der Waals surface area contributed by atoms with E-state index in [0.29, 0.717) is 13.2 Å². The maximum Gasteiger partial charge on any atom is 0.332 e. The van der Waals surface area contributed by atoms with Crippen molar-refractivity contribution in [1.29, 1.82) is 0 Å². The van der Waals surface area contributed by atoms with Gasteiger partial charge in [0.25, 0.3) is 0 Å². The monoisotopic (exact) mass is 321 g/mol. The Morgan fingerprint density at radius 2 is 2.35 bits per heavy atom. The van der Waals surface area contributed by atoms with E-state index in [-0.39, 0.29) is 12.6 Å². The van der Waals surface area contributed by atoms with Crippen LogP contribution in [-0.4, -0.2) is 32.3 Å². The number of rotatable bonds is 8. The minimum atomic E-state index is -0.310. The highest BCUT2D eigenvalue weighted by Crippen LogP contribution is 2.21. The first-order chi connectivity index (χ1) is 8.22. The molecule has 1 N–H and O–H groups in total. The zero-order chi connectivity index (χ0) is 12.5. The molecule has 0 bridgehead atoms. The van der Waals surface area contributed by atoms with Gasteiger partial charge < -0.3 is 14.8 Å². The van der Waals surface area contributed by atoms with Crippen LogP contribution in [0.1, 0.15) is 11.8 Å². The first kappa shape index (κ1) is 14.6. The minimum Gasteiger partial charge on any atom is -0.464 e. The fourth-order valence-corrected chi connectivity index (χ4v) is 2.61. The Bertz CT molecular complexity index is 343. The molecule has 0 unspecified atom stereocenters. The normalized spacial score (nSPS) is 10.5. The summed E-state index contributed by atoms with van der Waals surface area (Å²) < 4.78 is 11.0. The Balaban J connectivity index is 1.96. The van der Waals surface area contributed by atoms with Crippen LogP contribution in [0.15, 0.2) is 15.9 Å². The molecule has 0 amide bonds.